The van der Waals surface area contributed by atoms with Crippen LogP contribution in [0.15, 0.2) is 70.7 Å². The van der Waals surface area contributed by atoms with Crippen LogP contribution in [0.5, 0.6) is 11.5 Å². The highest BCUT2D eigenvalue weighted by molar-refractivity contribution is 7.12. The van der Waals surface area contributed by atoms with Gasteiger partial charge in [0.1, 0.15) is 10.5 Å². The van der Waals surface area contributed by atoms with Gasteiger partial charge in [0.2, 0.25) is 5.90 Å². The zero-order valence-electron chi connectivity index (χ0n) is 21.3. The van der Waals surface area contributed by atoms with Crippen LogP contribution in [0, 0.1) is 0 Å². The van der Waals surface area contributed by atoms with Gasteiger partial charge in [-0.1, -0.05) is 12.1 Å². The second-order valence-corrected chi connectivity index (χ2v) is 9.99. The lowest BCUT2D eigenvalue weighted by Gasteiger charge is -2.19. The monoisotopic (exact) mass is 534 g/mol. The van der Waals surface area contributed by atoms with Crippen molar-refractivity contribution in [2.24, 2.45) is 4.99 Å². The lowest BCUT2D eigenvalue weighted by molar-refractivity contribution is -0.129. The SMILES string of the molecule is CCOc1cc(/C=C2/N=C(c3ccc(NC(=O)OC(C)(C)C)cc3)OC2=O)ccc1OC(=O)c1cccs1. The van der Waals surface area contributed by atoms with E-state index in [2.05, 4.69) is 10.3 Å². The van der Waals surface area contributed by atoms with E-state index in [4.69, 9.17) is 18.9 Å². The van der Waals surface area contributed by atoms with Gasteiger partial charge < -0.3 is 18.9 Å². The molecule has 2 heterocycles. The lowest BCUT2D eigenvalue weighted by Crippen LogP contribution is -2.27. The summed E-state index contributed by atoms with van der Waals surface area (Å²) in [6.45, 7) is 7.50. The lowest BCUT2D eigenvalue weighted by atomic mass is 10.1. The molecular formula is C28H26N2O7S. The van der Waals surface area contributed by atoms with Crippen molar-refractivity contribution in [2.45, 2.75) is 33.3 Å². The van der Waals surface area contributed by atoms with Crippen LogP contribution in [0.3, 0.4) is 0 Å². The van der Waals surface area contributed by atoms with E-state index in [1.54, 1.807) is 86.8 Å². The van der Waals surface area contributed by atoms with Crippen LogP contribution < -0.4 is 14.8 Å². The van der Waals surface area contributed by atoms with Crippen LogP contribution in [-0.4, -0.2) is 36.1 Å². The molecule has 0 aliphatic carbocycles. The largest absolute Gasteiger partial charge is 0.490 e. The molecule has 38 heavy (non-hydrogen) atoms. The molecule has 0 radical (unpaired) electrons. The molecule has 10 heteroatoms. The van der Waals surface area contributed by atoms with E-state index in [1.165, 1.54) is 11.3 Å². The minimum atomic E-state index is -0.613. The molecule has 0 unspecified atom stereocenters. The van der Waals surface area contributed by atoms with Crippen LogP contribution in [0.2, 0.25) is 0 Å². The van der Waals surface area contributed by atoms with Gasteiger partial charge in [-0.3, -0.25) is 5.32 Å². The zero-order chi connectivity index (χ0) is 27.3. The molecule has 0 atom stereocenters. The minimum absolute atomic E-state index is 0.0988. The van der Waals surface area contributed by atoms with E-state index in [0.717, 1.165) is 0 Å². The predicted molar refractivity (Wildman–Crippen MR) is 144 cm³/mol. The van der Waals surface area contributed by atoms with Crippen LogP contribution in [0.25, 0.3) is 6.08 Å². The van der Waals surface area contributed by atoms with Gasteiger partial charge in [0, 0.05) is 11.3 Å². The van der Waals surface area contributed by atoms with E-state index in [1.807, 2.05) is 6.92 Å². The highest BCUT2D eigenvalue weighted by Gasteiger charge is 2.25. The molecule has 9 nitrogen and oxygen atoms in total. The predicted octanol–water partition coefficient (Wildman–Crippen LogP) is 6.06. The van der Waals surface area contributed by atoms with E-state index in [9.17, 15) is 14.4 Å². The molecule has 1 aromatic heterocycles. The van der Waals surface area contributed by atoms with Crippen molar-refractivity contribution in [2.75, 3.05) is 11.9 Å². The van der Waals surface area contributed by atoms with E-state index >= 15 is 0 Å². The first kappa shape index (κ1) is 26.6. The number of nitrogens with one attached hydrogen (secondary N) is 1. The van der Waals surface area contributed by atoms with Gasteiger partial charge in [-0.15, -0.1) is 11.3 Å². The minimum Gasteiger partial charge on any atom is -0.490 e. The number of nitrogens with zero attached hydrogens (tertiary/aromatic N) is 1. The number of benzene rings is 2. The number of hydrogen-bond acceptors (Lipinski definition) is 9. The Hall–Kier alpha value is -4.44. The summed E-state index contributed by atoms with van der Waals surface area (Å²) in [6, 6.07) is 15.0. The molecule has 1 aliphatic heterocycles. The van der Waals surface area contributed by atoms with Crippen LogP contribution in [0.1, 0.15) is 48.5 Å². The number of amides is 1. The fourth-order valence-electron chi connectivity index (χ4n) is 3.32. The van der Waals surface area contributed by atoms with Gasteiger partial charge in [-0.25, -0.2) is 19.4 Å². The number of hydrogen-bond donors (Lipinski definition) is 1. The molecule has 0 spiro atoms. The number of anilines is 1. The van der Waals surface area contributed by atoms with Gasteiger partial charge in [-0.05, 0) is 87.2 Å². The van der Waals surface area contributed by atoms with Crippen molar-refractivity contribution in [3.8, 4) is 11.5 Å². The van der Waals surface area contributed by atoms with Crippen LogP contribution in [-0.2, 0) is 14.3 Å². The Bertz CT molecular complexity index is 1400. The first-order valence-corrected chi connectivity index (χ1v) is 12.6. The number of ether oxygens (including phenoxy) is 4. The van der Waals surface area contributed by atoms with Crippen molar-refractivity contribution in [1.29, 1.82) is 0 Å². The Morgan fingerprint density at radius 3 is 2.50 bits per heavy atom. The number of carbonyl (C=O) groups is 3. The second kappa shape index (κ2) is 11.3. The van der Waals surface area contributed by atoms with Crippen LogP contribution in [0.4, 0.5) is 10.5 Å². The number of rotatable bonds is 7. The molecular weight excluding hydrogens is 508 g/mol. The van der Waals surface area contributed by atoms with E-state index in [-0.39, 0.29) is 17.3 Å². The number of thiophene rings is 1. The highest BCUT2D eigenvalue weighted by Crippen LogP contribution is 2.31. The second-order valence-electron chi connectivity index (χ2n) is 9.05. The first-order valence-electron chi connectivity index (χ1n) is 11.8. The van der Waals surface area contributed by atoms with Crippen molar-refractivity contribution in [3.05, 3.63) is 81.7 Å². The molecule has 3 aromatic rings. The van der Waals surface area contributed by atoms with Crippen molar-refractivity contribution in [3.63, 3.8) is 0 Å². The zero-order valence-corrected chi connectivity index (χ0v) is 22.1. The molecule has 0 saturated heterocycles. The van der Waals surface area contributed by atoms with Crippen LogP contribution >= 0.6 is 11.3 Å². The third-order valence-electron chi connectivity index (χ3n) is 4.89. The van der Waals surface area contributed by atoms with Crippen molar-refractivity contribution in [1.82, 2.24) is 0 Å². The number of carbonyl (C=O) groups excluding carboxylic acids is 3. The Kier molecular flexibility index (Phi) is 7.92. The Morgan fingerprint density at radius 1 is 1.08 bits per heavy atom. The van der Waals surface area contributed by atoms with Gasteiger partial charge in [0.05, 0.1) is 6.61 Å². The summed E-state index contributed by atoms with van der Waals surface area (Å²) in [5.74, 6) is -0.326. The molecule has 0 saturated carbocycles. The van der Waals surface area contributed by atoms with Gasteiger partial charge >= 0.3 is 18.0 Å². The first-order chi connectivity index (χ1) is 18.1. The number of esters is 2. The third-order valence-corrected chi connectivity index (χ3v) is 5.74. The molecule has 1 aliphatic rings. The number of aliphatic imine (C=N–C) groups is 1. The summed E-state index contributed by atoms with van der Waals surface area (Å²) in [4.78, 5) is 41.6. The van der Waals surface area contributed by atoms with Gasteiger partial charge in [-0.2, -0.15) is 0 Å². The van der Waals surface area contributed by atoms with E-state index in [0.29, 0.717) is 34.0 Å². The molecule has 4 rings (SSSR count). The molecule has 196 valence electrons. The summed E-state index contributed by atoms with van der Waals surface area (Å²) in [7, 11) is 0. The Morgan fingerprint density at radius 2 is 1.84 bits per heavy atom. The Labute approximate surface area is 223 Å². The average Bonchev–Trinajstić information content (AvgIpc) is 3.51. The van der Waals surface area contributed by atoms with E-state index < -0.39 is 23.6 Å². The molecule has 0 bridgehead atoms. The van der Waals surface area contributed by atoms with Gasteiger partial charge in [0.15, 0.2) is 17.2 Å². The van der Waals surface area contributed by atoms with Crippen molar-refractivity contribution < 1.29 is 33.3 Å². The summed E-state index contributed by atoms with van der Waals surface area (Å²) in [5.41, 5.74) is 1.17. The summed E-state index contributed by atoms with van der Waals surface area (Å²) >= 11 is 1.28. The highest BCUT2D eigenvalue weighted by atomic mass is 32.1. The van der Waals surface area contributed by atoms with Gasteiger partial charge in [0.25, 0.3) is 0 Å². The smallest absolute Gasteiger partial charge is 0.412 e. The summed E-state index contributed by atoms with van der Waals surface area (Å²) in [6.07, 6.45) is 0.986. The molecule has 1 N–H and O–H groups in total. The Balaban J connectivity index is 1.49. The number of cyclic esters (lactones) is 1. The fraction of sp³-hybridized carbons (Fsp3) is 0.214. The normalized spacial score (nSPS) is 14.1. The topological polar surface area (TPSA) is 113 Å². The summed E-state index contributed by atoms with van der Waals surface area (Å²) < 4.78 is 21.7. The summed E-state index contributed by atoms with van der Waals surface area (Å²) in [5, 5.41) is 4.44. The standard InChI is InChI=1S/C28H26N2O7S/c1-5-34-22-16-17(8-13-21(22)35-26(32)23-7-6-14-38-23)15-20-25(31)36-24(30-20)18-9-11-19(12-10-18)29-27(33)37-28(2,3)4/h6-16H,5H2,1-4H3,(H,29,33)/b20-15+. The van der Waals surface area contributed by atoms with Crippen molar-refractivity contribution >= 4 is 47.0 Å². The third kappa shape index (κ3) is 6.86. The maximum atomic E-state index is 12.5. The maximum absolute atomic E-state index is 12.5. The fourth-order valence-corrected chi connectivity index (χ4v) is 3.92. The molecule has 1 amide bonds. The molecule has 2 aromatic carbocycles. The molecule has 0 fully saturated rings. The quantitative estimate of drug-likeness (QED) is 0.223. The maximum Gasteiger partial charge on any atom is 0.412 e. The average molecular weight is 535 g/mol.